The maximum absolute atomic E-state index is 12.8. The minimum atomic E-state index is -0.236. The number of methoxy groups -OCH3 is 1. The number of nitrogens with two attached hydrogens (primary N) is 1. The highest BCUT2D eigenvalue weighted by atomic mass is 16.5. The first-order chi connectivity index (χ1) is 12.6. The fourth-order valence-corrected chi connectivity index (χ4v) is 3.06. The molecule has 1 heterocycles. The van der Waals surface area contributed by atoms with Crippen LogP contribution in [0.15, 0.2) is 48.5 Å². The number of ether oxygens (including phenoxy) is 1. The number of carbonyl (C=O) groups excluding carboxylic acids is 2. The molecule has 0 saturated carbocycles. The molecule has 6 nitrogen and oxygen atoms in total. The number of rotatable bonds is 6. The van der Waals surface area contributed by atoms with Crippen molar-refractivity contribution < 1.29 is 14.3 Å². The van der Waals surface area contributed by atoms with E-state index in [1.165, 1.54) is 7.11 Å². The maximum atomic E-state index is 12.8. The molecule has 0 aliphatic carbocycles. The van der Waals surface area contributed by atoms with Gasteiger partial charge in [0, 0.05) is 37.4 Å². The van der Waals surface area contributed by atoms with Crippen molar-refractivity contribution in [2.24, 2.45) is 5.73 Å². The molecule has 2 amide bonds. The number of urea groups is 1. The summed E-state index contributed by atoms with van der Waals surface area (Å²) >= 11 is 0. The van der Waals surface area contributed by atoms with E-state index in [9.17, 15) is 9.59 Å². The number of esters is 1. The predicted octanol–water partition coefficient (Wildman–Crippen LogP) is 2.70. The molecular formula is C20H23N3O3. The molecule has 3 rings (SSSR count). The second kappa shape index (κ2) is 8.01. The molecule has 0 radical (unpaired) electrons. The minimum Gasteiger partial charge on any atom is -0.469 e. The molecule has 6 heteroatoms. The topological polar surface area (TPSA) is 75.9 Å². The van der Waals surface area contributed by atoms with E-state index in [2.05, 4.69) is 4.74 Å². The second-order valence-corrected chi connectivity index (χ2v) is 6.20. The lowest BCUT2D eigenvalue weighted by Crippen LogP contribution is -2.31. The number of amides is 2. The Hall–Kier alpha value is -2.86. The van der Waals surface area contributed by atoms with Crippen molar-refractivity contribution in [3.05, 3.63) is 59.7 Å². The molecule has 0 atom stereocenters. The summed E-state index contributed by atoms with van der Waals surface area (Å²) in [5, 5.41) is 0. The fraction of sp³-hybridized carbons (Fsp3) is 0.300. The second-order valence-electron chi connectivity index (χ2n) is 6.20. The molecule has 26 heavy (non-hydrogen) atoms. The Morgan fingerprint density at radius 1 is 1.04 bits per heavy atom. The van der Waals surface area contributed by atoms with Gasteiger partial charge in [0.15, 0.2) is 0 Å². The van der Waals surface area contributed by atoms with Gasteiger partial charge in [0.1, 0.15) is 0 Å². The highest BCUT2D eigenvalue weighted by Crippen LogP contribution is 2.26. The molecule has 2 aromatic carbocycles. The Morgan fingerprint density at radius 3 is 2.38 bits per heavy atom. The molecule has 136 valence electrons. The molecule has 2 aromatic rings. The van der Waals surface area contributed by atoms with Crippen LogP contribution < -0.4 is 15.5 Å². The number of aryl methyl sites for hydroxylation is 1. The van der Waals surface area contributed by atoms with Crippen molar-refractivity contribution >= 4 is 23.4 Å². The number of benzene rings is 2. The lowest BCUT2D eigenvalue weighted by Gasteiger charge is -2.19. The fourth-order valence-electron chi connectivity index (χ4n) is 3.06. The summed E-state index contributed by atoms with van der Waals surface area (Å²) in [6.45, 7) is 1.74. The third-order valence-electron chi connectivity index (χ3n) is 4.56. The number of nitrogens with zero attached hydrogens (tertiary/aromatic N) is 2. The van der Waals surface area contributed by atoms with E-state index in [-0.39, 0.29) is 12.0 Å². The van der Waals surface area contributed by atoms with Gasteiger partial charge < -0.3 is 10.5 Å². The number of carbonyl (C=O) groups is 2. The van der Waals surface area contributed by atoms with Crippen molar-refractivity contribution in [3.63, 3.8) is 0 Å². The van der Waals surface area contributed by atoms with Crippen LogP contribution in [0, 0.1) is 0 Å². The third-order valence-corrected chi connectivity index (χ3v) is 4.56. The van der Waals surface area contributed by atoms with E-state index in [1.54, 1.807) is 9.80 Å². The maximum Gasteiger partial charge on any atom is 0.329 e. The van der Waals surface area contributed by atoms with Crippen LogP contribution in [0.1, 0.15) is 17.5 Å². The SMILES string of the molecule is COC(=O)CCc1cccc(N2CCN(c3ccc(CN)cc3)C2=O)c1. The van der Waals surface area contributed by atoms with Gasteiger partial charge in [0.2, 0.25) is 0 Å². The molecule has 1 fully saturated rings. The Labute approximate surface area is 153 Å². The molecular weight excluding hydrogens is 330 g/mol. The monoisotopic (exact) mass is 353 g/mol. The standard InChI is InChI=1S/C20H23N3O3/c1-26-19(24)10-7-15-3-2-4-18(13-15)23-12-11-22(20(23)25)17-8-5-16(14-21)6-9-17/h2-6,8-9,13H,7,10-12,14,21H2,1H3. The van der Waals surface area contributed by atoms with Gasteiger partial charge in [-0.15, -0.1) is 0 Å². The van der Waals surface area contributed by atoms with E-state index in [1.807, 2.05) is 48.5 Å². The molecule has 0 aromatic heterocycles. The number of hydrogen-bond acceptors (Lipinski definition) is 4. The summed E-state index contributed by atoms with van der Waals surface area (Å²) < 4.78 is 4.68. The van der Waals surface area contributed by atoms with Gasteiger partial charge in [-0.05, 0) is 41.8 Å². The quantitative estimate of drug-likeness (QED) is 0.810. The van der Waals surface area contributed by atoms with E-state index in [4.69, 9.17) is 5.73 Å². The Kier molecular flexibility index (Phi) is 5.53. The lowest BCUT2D eigenvalue weighted by atomic mass is 10.1. The predicted molar refractivity (Wildman–Crippen MR) is 101 cm³/mol. The van der Waals surface area contributed by atoms with Gasteiger partial charge in [-0.3, -0.25) is 14.6 Å². The molecule has 0 spiro atoms. The molecule has 0 bridgehead atoms. The summed E-state index contributed by atoms with van der Waals surface area (Å²) in [6, 6.07) is 15.4. The van der Waals surface area contributed by atoms with Crippen LogP contribution in [0.3, 0.4) is 0 Å². The van der Waals surface area contributed by atoms with Gasteiger partial charge in [-0.2, -0.15) is 0 Å². The first-order valence-electron chi connectivity index (χ1n) is 8.66. The zero-order chi connectivity index (χ0) is 18.5. The molecule has 1 aliphatic heterocycles. The highest BCUT2D eigenvalue weighted by molar-refractivity contribution is 6.06. The summed E-state index contributed by atoms with van der Waals surface area (Å²) in [7, 11) is 1.39. The van der Waals surface area contributed by atoms with Gasteiger partial charge in [-0.1, -0.05) is 24.3 Å². The third kappa shape index (κ3) is 3.86. The summed E-state index contributed by atoms with van der Waals surface area (Å²) in [5.74, 6) is -0.236. The van der Waals surface area contributed by atoms with Crippen molar-refractivity contribution in [2.75, 3.05) is 30.0 Å². The first kappa shape index (κ1) is 17.9. The van der Waals surface area contributed by atoms with Crippen molar-refractivity contribution in [2.45, 2.75) is 19.4 Å². The zero-order valence-electron chi connectivity index (χ0n) is 14.9. The minimum absolute atomic E-state index is 0.0457. The van der Waals surface area contributed by atoms with E-state index >= 15 is 0 Å². The van der Waals surface area contributed by atoms with Crippen LogP contribution in [-0.2, 0) is 22.5 Å². The van der Waals surface area contributed by atoms with Gasteiger partial charge in [0.05, 0.1) is 7.11 Å². The smallest absolute Gasteiger partial charge is 0.329 e. The zero-order valence-corrected chi connectivity index (χ0v) is 14.9. The average molecular weight is 353 g/mol. The number of anilines is 2. The van der Waals surface area contributed by atoms with Crippen molar-refractivity contribution in [1.29, 1.82) is 0 Å². The van der Waals surface area contributed by atoms with E-state index in [0.717, 1.165) is 22.5 Å². The van der Waals surface area contributed by atoms with Gasteiger partial charge in [-0.25, -0.2) is 4.79 Å². The average Bonchev–Trinajstić information content (AvgIpc) is 3.07. The van der Waals surface area contributed by atoms with Crippen LogP contribution in [0.2, 0.25) is 0 Å². The molecule has 0 unspecified atom stereocenters. The lowest BCUT2D eigenvalue weighted by molar-refractivity contribution is -0.140. The highest BCUT2D eigenvalue weighted by Gasteiger charge is 2.30. The van der Waals surface area contributed by atoms with Crippen LogP contribution in [0.5, 0.6) is 0 Å². The Balaban J connectivity index is 1.72. The largest absolute Gasteiger partial charge is 0.469 e. The first-order valence-corrected chi connectivity index (χ1v) is 8.66. The van der Waals surface area contributed by atoms with Crippen LogP contribution in [0.4, 0.5) is 16.2 Å². The van der Waals surface area contributed by atoms with Crippen molar-refractivity contribution in [1.82, 2.24) is 0 Å². The summed E-state index contributed by atoms with van der Waals surface area (Å²) in [4.78, 5) is 27.7. The van der Waals surface area contributed by atoms with E-state index in [0.29, 0.717) is 32.5 Å². The Morgan fingerprint density at radius 2 is 1.73 bits per heavy atom. The van der Waals surface area contributed by atoms with E-state index < -0.39 is 0 Å². The van der Waals surface area contributed by atoms with Gasteiger partial charge >= 0.3 is 12.0 Å². The van der Waals surface area contributed by atoms with Gasteiger partial charge in [0.25, 0.3) is 0 Å². The molecule has 1 saturated heterocycles. The van der Waals surface area contributed by atoms with Crippen LogP contribution in [-0.4, -0.2) is 32.2 Å². The van der Waals surface area contributed by atoms with Crippen LogP contribution >= 0.6 is 0 Å². The molecule has 1 aliphatic rings. The van der Waals surface area contributed by atoms with Crippen molar-refractivity contribution in [3.8, 4) is 0 Å². The Bertz CT molecular complexity index is 789. The molecule has 2 N–H and O–H groups in total. The summed E-state index contributed by atoms with van der Waals surface area (Å²) in [6.07, 6.45) is 0.917. The normalized spacial score (nSPS) is 14.0. The number of hydrogen-bond donors (Lipinski definition) is 1. The summed E-state index contributed by atoms with van der Waals surface area (Å²) in [5.41, 5.74) is 9.39. The van der Waals surface area contributed by atoms with Crippen LogP contribution in [0.25, 0.3) is 0 Å².